The predicted molar refractivity (Wildman–Crippen MR) is 117 cm³/mol. The van der Waals surface area contributed by atoms with Gasteiger partial charge in [0.1, 0.15) is 11.4 Å². The first-order valence-electron chi connectivity index (χ1n) is 10.7. The van der Waals surface area contributed by atoms with E-state index in [1.165, 1.54) is 19.2 Å². The molecule has 1 fully saturated rings. The molecule has 2 heterocycles. The van der Waals surface area contributed by atoms with Crippen LogP contribution in [-0.4, -0.2) is 61.3 Å². The zero-order chi connectivity index (χ0) is 24.9. The Morgan fingerprint density at radius 1 is 1.29 bits per heavy atom. The summed E-state index contributed by atoms with van der Waals surface area (Å²) in [7, 11) is 1.42. The number of hydrogen-bond acceptors (Lipinski definition) is 7. The number of ether oxygens (including phenoxy) is 3. The largest absolute Gasteiger partial charge is 0.573 e. The summed E-state index contributed by atoms with van der Waals surface area (Å²) >= 11 is 0. The maximum atomic E-state index is 12.9. The van der Waals surface area contributed by atoms with Gasteiger partial charge in [0, 0.05) is 26.3 Å². The van der Waals surface area contributed by atoms with Crippen LogP contribution in [0.15, 0.2) is 35.1 Å². The van der Waals surface area contributed by atoms with Crippen LogP contribution >= 0.6 is 0 Å². The molecule has 2 aromatic rings. The number of rotatable bonds is 9. The zero-order valence-electron chi connectivity index (χ0n) is 19.0. The number of alkyl halides is 3. The highest BCUT2D eigenvalue weighted by molar-refractivity contribution is 5.92. The van der Waals surface area contributed by atoms with Crippen molar-refractivity contribution in [3.05, 3.63) is 51.9 Å². The van der Waals surface area contributed by atoms with Gasteiger partial charge in [-0.25, -0.2) is 4.98 Å². The summed E-state index contributed by atoms with van der Waals surface area (Å²) in [6, 6.07) is 5.45. The molecule has 0 radical (unpaired) electrons. The second kappa shape index (κ2) is 10.9. The molecule has 1 saturated heterocycles. The molecule has 2 atom stereocenters. The minimum Gasteiger partial charge on any atom is -0.406 e. The fourth-order valence-electron chi connectivity index (χ4n) is 3.65. The number of nitrogens with zero attached hydrogens (tertiary/aromatic N) is 2. The Labute approximate surface area is 194 Å². The topological polar surface area (TPSA) is 106 Å². The first kappa shape index (κ1) is 25.5. The van der Waals surface area contributed by atoms with Crippen molar-refractivity contribution in [3.63, 3.8) is 0 Å². The van der Waals surface area contributed by atoms with E-state index in [9.17, 15) is 22.8 Å². The summed E-state index contributed by atoms with van der Waals surface area (Å²) in [5, 5.41) is 2.71. The molecule has 1 aromatic carbocycles. The summed E-state index contributed by atoms with van der Waals surface area (Å²) in [5.74, 6) is -0.742. The van der Waals surface area contributed by atoms with Gasteiger partial charge >= 0.3 is 6.36 Å². The lowest BCUT2D eigenvalue weighted by Gasteiger charge is -2.20. The van der Waals surface area contributed by atoms with E-state index >= 15 is 0 Å². The highest BCUT2D eigenvalue weighted by atomic mass is 19.4. The first-order valence-corrected chi connectivity index (χ1v) is 10.7. The lowest BCUT2D eigenvalue weighted by atomic mass is 10.1. The van der Waals surface area contributed by atoms with Gasteiger partial charge in [-0.15, -0.1) is 13.2 Å². The summed E-state index contributed by atoms with van der Waals surface area (Å²) in [6.07, 6.45) is -3.97. The van der Waals surface area contributed by atoms with Gasteiger partial charge in [0.05, 0.1) is 24.9 Å². The van der Waals surface area contributed by atoms with Crippen LogP contribution < -0.4 is 20.5 Å². The molecule has 12 heteroatoms. The number of hydrogen-bond donors (Lipinski definition) is 2. The maximum Gasteiger partial charge on any atom is 0.573 e. The van der Waals surface area contributed by atoms with Crippen LogP contribution in [-0.2, 0) is 9.47 Å². The van der Waals surface area contributed by atoms with Crippen LogP contribution in [0.3, 0.4) is 0 Å². The SMILES string of the molecule is COCC(NC(=O)c1cc(=O)[nH]c(N2CC[C@H](OC(C)C)C2)n1)c1ccc(OC(F)(F)F)cc1. The van der Waals surface area contributed by atoms with E-state index in [-0.39, 0.29) is 36.2 Å². The van der Waals surface area contributed by atoms with E-state index in [0.717, 1.165) is 24.6 Å². The third kappa shape index (κ3) is 7.19. The smallest absolute Gasteiger partial charge is 0.406 e. The van der Waals surface area contributed by atoms with E-state index in [1.807, 2.05) is 18.7 Å². The van der Waals surface area contributed by atoms with Crippen molar-refractivity contribution in [2.45, 2.75) is 44.9 Å². The normalized spacial score (nSPS) is 17.1. The van der Waals surface area contributed by atoms with Gasteiger partial charge in [0.15, 0.2) is 0 Å². The average Bonchev–Trinajstić information content (AvgIpc) is 3.20. The zero-order valence-corrected chi connectivity index (χ0v) is 19.0. The minimum atomic E-state index is -4.80. The van der Waals surface area contributed by atoms with Crippen LogP contribution in [0.25, 0.3) is 0 Å². The third-order valence-electron chi connectivity index (χ3n) is 5.03. The number of aromatic amines is 1. The van der Waals surface area contributed by atoms with Gasteiger partial charge in [0.25, 0.3) is 11.5 Å². The molecule has 1 unspecified atom stereocenters. The highest BCUT2D eigenvalue weighted by Crippen LogP contribution is 2.25. The molecule has 1 aromatic heterocycles. The Morgan fingerprint density at radius 3 is 2.62 bits per heavy atom. The van der Waals surface area contributed by atoms with Crippen molar-refractivity contribution >= 4 is 11.9 Å². The molecular formula is C22H27F3N4O5. The van der Waals surface area contributed by atoms with Gasteiger partial charge in [-0.05, 0) is 38.0 Å². The second-order valence-electron chi connectivity index (χ2n) is 8.09. The van der Waals surface area contributed by atoms with Gasteiger partial charge in [0.2, 0.25) is 5.95 Å². The molecular weight excluding hydrogens is 457 g/mol. The standard InChI is InChI=1S/C22H27F3N4O5/c1-13(2)33-16-8-9-29(11-16)21-27-17(10-19(30)28-21)20(31)26-18(12-32-3)14-4-6-15(7-5-14)34-22(23,24)25/h4-7,10,13,16,18H,8-9,11-12H2,1-3H3,(H,26,31)(H,27,28,30)/t16-,18?/m0/s1. The van der Waals surface area contributed by atoms with Crippen molar-refractivity contribution in [1.29, 1.82) is 0 Å². The fraction of sp³-hybridized carbons (Fsp3) is 0.500. The lowest BCUT2D eigenvalue weighted by Crippen LogP contribution is -2.34. The number of methoxy groups -OCH3 is 1. The van der Waals surface area contributed by atoms with Crippen molar-refractivity contribution in [3.8, 4) is 5.75 Å². The van der Waals surface area contributed by atoms with Crippen molar-refractivity contribution < 1.29 is 32.2 Å². The second-order valence-corrected chi connectivity index (χ2v) is 8.09. The van der Waals surface area contributed by atoms with Crippen LogP contribution in [0.5, 0.6) is 5.75 Å². The highest BCUT2D eigenvalue weighted by Gasteiger charge is 2.31. The molecule has 0 bridgehead atoms. The first-order chi connectivity index (χ1) is 16.0. The summed E-state index contributed by atoms with van der Waals surface area (Å²) in [4.78, 5) is 33.9. The number of halogens is 3. The molecule has 9 nitrogen and oxygen atoms in total. The summed E-state index contributed by atoms with van der Waals surface area (Å²) < 4.78 is 52.0. The molecule has 0 saturated carbocycles. The number of amides is 1. The van der Waals surface area contributed by atoms with Crippen LogP contribution in [0, 0.1) is 0 Å². The Hall–Kier alpha value is -3.12. The molecule has 0 aliphatic carbocycles. The molecule has 186 valence electrons. The van der Waals surface area contributed by atoms with Crippen molar-refractivity contribution in [1.82, 2.24) is 15.3 Å². The molecule has 1 aliphatic heterocycles. The van der Waals surface area contributed by atoms with E-state index < -0.39 is 23.9 Å². The number of carbonyl (C=O) groups is 1. The van der Waals surface area contributed by atoms with Crippen LogP contribution in [0.1, 0.15) is 42.4 Å². The maximum absolute atomic E-state index is 12.9. The van der Waals surface area contributed by atoms with Crippen LogP contribution in [0.2, 0.25) is 0 Å². The molecule has 3 rings (SSSR count). The Balaban J connectivity index is 1.73. The number of carbonyl (C=O) groups excluding carboxylic acids is 1. The van der Waals surface area contributed by atoms with Crippen molar-refractivity contribution in [2.24, 2.45) is 0 Å². The van der Waals surface area contributed by atoms with Gasteiger partial charge in [-0.2, -0.15) is 0 Å². The predicted octanol–water partition coefficient (Wildman–Crippen LogP) is 2.79. The van der Waals surface area contributed by atoms with E-state index in [2.05, 4.69) is 20.0 Å². The van der Waals surface area contributed by atoms with Crippen molar-refractivity contribution in [2.75, 3.05) is 31.7 Å². The molecule has 1 amide bonds. The number of benzene rings is 1. The minimum absolute atomic E-state index is 0.00170. The third-order valence-corrected chi connectivity index (χ3v) is 5.03. The fourth-order valence-corrected chi connectivity index (χ4v) is 3.65. The number of aromatic nitrogens is 2. The number of nitrogens with one attached hydrogen (secondary N) is 2. The van der Waals surface area contributed by atoms with Gasteiger partial charge in [-0.1, -0.05) is 12.1 Å². The molecule has 0 spiro atoms. The van der Waals surface area contributed by atoms with E-state index in [4.69, 9.17) is 9.47 Å². The Bertz CT molecular complexity index is 1030. The summed E-state index contributed by atoms with van der Waals surface area (Å²) in [6.45, 7) is 5.08. The Kier molecular flexibility index (Phi) is 8.15. The number of H-pyrrole nitrogens is 1. The monoisotopic (exact) mass is 484 g/mol. The molecule has 34 heavy (non-hydrogen) atoms. The average molecular weight is 484 g/mol. The summed E-state index contributed by atoms with van der Waals surface area (Å²) in [5.41, 5.74) is -0.0894. The molecule has 2 N–H and O–H groups in total. The quantitative estimate of drug-likeness (QED) is 0.564. The van der Waals surface area contributed by atoms with Gasteiger partial charge in [-0.3, -0.25) is 14.6 Å². The van der Waals surface area contributed by atoms with E-state index in [1.54, 1.807) is 0 Å². The Morgan fingerprint density at radius 2 is 2.00 bits per heavy atom. The van der Waals surface area contributed by atoms with E-state index in [0.29, 0.717) is 18.7 Å². The molecule has 1 aliphatic rings. The lowest BCUT2D eigenvalue weighted by molar-refractivity contribution is -0.274. The van der Waals surface area contributed by atoms with Gasteiger partial charge < -0.3 is 24.4 Å². The number of anilines is 1. The van der Waals surface area contributed by atoms with Crippen LogP contribution in [0.4, 0.5) is 19.1 Å².